The molecule has 1 heterocycles. The van der Waals surface area contributed by atoms with Crippen LogP contribution in [0, 0.1) is 0 Å². The Hall–Kier alpha value is -3.33. The number of nitrogens with one attached hydrogen (secondary N) is 1. The number of halogens is 1. The van der Waals surface area contributed by atoms with Gasteiger partial charge in [-0.3, -0.25) is 15.0 Å². The van der Waals surface area contributed by atoms with Crippen molar-refractivity contribution in [3.05, 3.63) is 58.1 Å². The number of hydrogen-bond donors (Lipinski definition) is 1. The second kappa shape index (κ2) is 9.65. The summed E-state index contributed by atoms with van der Waals surface area (Å²) in [5, 5.41) is 1.20. The van der Waals surface area contributed by atoms with Crippen LogP contribution in [0.5, 0.6) is 11.5 Å². The van der Waals surface area contributed by atoms with Crippen LogP contribution in [0.15, 0.2) is 52.5 Å². The van der Waals surface area contributed by atoms with Crippen molar-refractivity contribution in [3.8, 4) is 11.5 Å². The lowest BCUT2D eigenvalue weighted by atomic mass is 10.1. The molecular formula is C22H21BrN2O6. The molecule has 0 radical (unpaired) electrons. The van der Waals surface area contributed by atoms with Gasteiger partial charge in [0.15, 0.2) is 17.6 Å². The first-order valence-corrected chi connectivity index (χ1v) is 10.3. The molecule has 0 aromatic heterocycles. The Kier molecular flexibility index (Phi) is 6.96. The van der Waals surface area contributed by atoms with Gasteiger partial charge in [-0.25, -0.2) is 9.80 Å². The van der Waals surface area contributed by atoms with E-state index in [9.17, 15) is 14.4 Å². The Bertz CT molecular complexity index is 1040. The molecular weight excluding hydrogens is 468 g/mol. The average molecular weight is 489 g/mol. The lowest BCUT2D eigenvalue weighted by molar-refractivity contribution is -0.148. The van der Waals surface area contributed by atoms with Crippen LogP contribution in [-0.4, -0.2) is 37.6 Å². The molecule has 0 saturated carbocycles. The minimum atomic E-state index is -0.855. The third-order valence-electron chi connectivity index (χ3n) is 4.38. The van der Waals surface area contributed by atoms with Gasteiger partial charge in [0, 0.05) is 0 Å². The van der Waals surface area contributed by atoms with Gasteiger partial charge >= 0.3 is 5.97 Å². The highest BCUT2D eigenvalue weighted by atomic mass is 79.9. The summed E-state index contributed by atoms with van der Waals surface area (Å²) in [4.78, 5) is 36.9. The Balaban J connectivity index is 1.94. The van der Waals surface area contributed by atoms with Crippen molar-refractivity contribution in [3.63, 3.8) is 0 Å². The van der Waals surface area contributed by atoms with E-state index in [0.717, 1.165) is 0 Å². The number of hydrogen-bond acceptors (Lipinski definition) is 6. The van der Waals surface area contributed by atoms with Gasteiger partial charge in [0.1, 0.15) is 5.57 Å². The van der Waals surface area contributed by atoms with Gasteiger partial charge in [0.2, 0.25) is 0 Å². The number of esters is 1. The number of anilines is 1. The van der Waals surface area contributed by atoms with Gasteiger partial charge in [-0.2, -0.15) is 0 Å². The fourth-order valence-corrected chi connectivity index (χ4v) is 3.48. The van der Waals surface area contributed by atoms with Gasteiger partial charge in [-0.1, -0.05) is 18.2 Å². The smallest absolute Gasteiger partial charge is 0.346 e. The molecule has 0 spiro atoms. The quantitative estimate of drug-likeness (QED) is 0.365. The predicted molar refractivity (Wildman–Crippen MR) is 117 cm³/mol. The summed E-state index contributed by atoms with van der Waals surface area (Å²) < 4.78 is 16.5. The number of para-hydroxylation sites is 1. The molecule has 162 valence electrons. The SMILES string of the molecule is CCOc1cc(/C=C2/C(=O)NN(c3ccccc3)C2=O)cc(Br)c1O[C@@H](C)C(=O)OC. The van der Waals surface area contributed by atoms with E-state index in [1.807, 2.05) is 6.07 Å². The highest BCUT2D eigenvalue weighted by Crippen LogP contribution is 2.38. The molecule has 0 unspecified atom stereocenters. The number of benzene rings is 2. The zero-order valence-electron chi connectivity index (χ0n) is 17.2. The summed E-state index contributed by atoms with van der Waals surface area (Å²) in [5.41, 5.74) is 3.64. The normalized spacial score (nSPS) is 15.6. The van der Waals surface area contributed by atoms with Crippen LogP contribution < -0.4 is 19.9 Å². The van der Waals surface area contributed by atoms with Crippen LogP contribution in [0.3, 0.4) is 0 Å². The van der Waals surface area contributed by atoms with Crippen molar-refractivity contribution in [2.24, 2.45) is 0 Å². The molecule has 1 fully saturated rings. The molecule has 2 amide bonds. The fourth-order valence-electron chi connectivity index (χ4n) is 2.92. The van der Waals surface area contributed by atoms with E-state index in [1.54, 1.807) is 50.2 Å². The Morgan fingerprint density at radius 1 is 1.23 bits per heavy atom. The van der Waals surface area contributed by atoms with E-state index >= 15 is 0 Å². The summed E-state index contributed by atoms with van der Waals surface area (Å²) in [6.07, 6.45) is 0.618. The number of methoxy groups -OCH3 is 1. The van der Waals surface area contributed by atoms with E-state index in [0.29, 0.717) is 33.8 Å². The number of amides is 2. The van der Waals surface area contributed by atoms with Crippen LogP contribution in [0.1, 0.15) is 19.4 Å². The van der Waals surface area contributed by atoms with Gasteiger partial charge in [0.05, 0.1) is 23.9 Å². The number of carbonyl (C=O) groups is 3. The Labute approximate surface area is 187 Å². The third kappa shape index (κ3) is 4.88. The first kappa shape index (κ1) is 22.4. The minimum Gasteiger partial charge on any atom is -0.490 e. The van der Waals surface area contributed by atoms with Crippen LogP contribution in [-0.2, 0) is 19.1 Å². The number of hydrazine groups is 1. The van der Waals surface area contributed by atoms with Crippen LogP contribution in [0.2, 0.25) is 0 Å². The molecule has 1 aliphatic rings. The minimum absolute atomic E-state index is 0.0187. The monoisotopic (exact) mass is 488 g/mol. The molecule has 3 rings (SSSR count). The van der Waals surface area contributed by atoms with Crippen LogP contribution >= 0.6 is 15.9 Å². The Morgan fingerprint density at radius 3 is 2.58 bits per heavy atom. The maximum atomic E-state index is 12.8. The topological polar surface area (TPSA) is 94.2 Å². The first-order chi connectivity index (χ1) is 14.8. The van der Waals surface area contributed by atoms with Crippen LogP contribution in [0.25, 0.3) is 6.08 Å². The standard InChI is InChI=1S/C22H21BrN2O6/c1-4-30-18-12-14(11-17(23)19(18)31-13(2)22(28)29-3)10-16-20(26)24-25(21(16)27)15-8-6-5-7-9-15/h5-13H,4H2,1-3H3,(H,24,26)/b16-10-/t13-/m0/s1. The van der Waals surface area contributed by atoms with Crippen molar-refractivity contribution in [2.75, 3.05) is 18.7 Å². The summed E-state index contributed by atoms with van der Waals surface area (Å²) in [6.45, 7) is 3.71. The average Bonchev–Trinajstić information content (AvgIpc) is 3.04. The van der Waals surface area contributed by atoms with E-state index in [1.165, 1.54) is 18.2 Å². The number of nitrogens with zero attached hydrogens (tertiary/aromatic N) is 1. The highest BCUT2D eigenvalue weighted by molar-refractivity contribution is 9.10. The van der Waals surface area contributed by atoms with Crippen LogP contribution in [0.4, 0.5) is 5.69 Å². The largest absolute Gasteiger partial charge is 0.490 e. The Morgan fingerprint density at radius 2 is 1.94 bits per heavy atom. The summed E-state index contributed by atoms with van der Waals surface area (Å²) in [6, 6.07) is 12.1. The molecule has 0 aliphatic carbocycles. The summed E-state index contributed by atoms with van der Waals surface area (Å²) in [5.74, 6) is -0.845. The molecule has 1 N–H and O–H groups in total. The van der Waals surface area contributed by atoms with E-state index in [2.05, 4.69) is 21.4 Å². The molecule has 8 nitrogen and oxygen atoms in total. The second-order valence-electron chi connectivity index (χ2n) is 6.52. The molecule has 1 saturated heterocycles. The zero-order valence-corrected chi connectivity index (χ0v) is 18.8. The number of ether oxygens (including phenoxy) is 3. The highest BCUT2D eigenvalue weighted by Gasteiger charge is 2.34. The van der Waals surface area contributed by atoms with E-state index in [4.69, 9.17) is 14.2 Å². The van der Waals surface area contributed by atoms with Gasteiger partial charge in [-0.15, -0.1) is 0 Å². The number of carbonyl (C=O) groups excluding carboxylic acids is 3. The lowest BCUT2D eigenvalue weighted by Crippen LogP contribution is -2.35. The summed E-state index contributed by atoms with van der Waals surface area (Å²) in [7, 11) is 1.28. The molecule has 9 heteroatoms. The van der Waals surface area contributed by atoms with Crippen molar-refractivity contribution < 1.29 is 28.6 Å². The van der Waals surface area contributed by atoms with Crippen molar-refractivity contribution >= 4 is 45.5 Å². The summed E-state index contributed by atoms with van der Waals surface area (Å²) >= 11 is 3.41. The molecule has 0 bridgehead atoms. The maximum absolute atomic E-state index is 12.8. The van der Waals surface area contributed by atoms with E-state index in [-0.39, 0.29) is 5.57 Å². The van der Waals surface area contributed by atoms with Gasteiger partial charge < -0.3 is 14.2 Å². The lowest BCUT2D eigenvalue weighted by Gasteiger charge is -2.18. The molecule has 1 aliphatic heterocycles. The molecule has 2 aromatic rings. The predicted octanol–water partition coefficient (Wildman–Crippen LogP) is 3.25. The molecule has 2 aromatic carbocycles. The fraction of sp³-hybridized carbons (Fsp3) is 0.227. The second-order valence-corrected chi connectivity index (χ2v) is 7.38. The van der Waals surface area contributed by atoms with Gasteiger partial charge in [-0.05, 0) is 65.7 Å². The first-order valence-electron chi connectivity index (χ1n) is 9.48. The van der Waals surface area contributed by atoms with Crippen molar-refractivity contribution in [1.29, 1.82) is 0 Å². The third-order valence-corrected chi connectivity index (χ3v) is 4.97. The zero-order chi connectivity index (χ0) is 22.5. The maximum Gasteiger partial charge on any atom is 0.346 e. The van der Waals surface area contributed by atoms with Crippen molar-refractivity contribution in [2.45, 2.75) is 20.0 Å². The molecule has 1 atom stereocenters. The molecule has 31 heavy (non-hydrogen) atoms. The van der Waals surface area contributed by atoms with E-state index < -0.39 is 23.9 Å². The van der Waals surface area contributed by atoms with Crippen molar-refractivity contribution in [1.82, 2.24) is 5.43 Å². The van der Waals surface area contributed by atoms with Gasteiger partial charge in [0.25, 0.3) is 11.8 Å². The number of rotatable bonds is 7.